The van der Waals surface area contributed by atoms with E-state index in [0.717, 1.165) is 83.9 Å². The van der Waals surface area contributed by atoms with Crippen LogP contribution in [0.4, 0.5) is 46.0 Å². The molecule has 6 rings (SSSR count). The van der Waals surface area contributed by atoms with Gasteiger partial charge in [-0.2, -0.15) is 53.6 Å². The molecule has 10 N–H and O–H groups in total. The summed E-state index contributed by atoms with van der Waals surface area (Å²) in [4.78, 5) is 21.2. The first kappa shape index (κ1) is 42.7. The van der Waals surface area contributed by atoms with Crippen molar-refractivity contribution < 1.29 is 51.9 Å². The average Bonchev–Trinajstić information content (AvgIpc) is 3.18. The second-order valence-corrected chi connectivity index (χ2v) is 17.6. The van der Waals surface area contributed by atoms with E-state index in [9.17, 15) is 51.9 Å². The minimum Gasteiger partial charge on any atom is -0.397 e. The summed E-state index contributed by atoms with van der Waals surface area (Å²) in [5.74, 6) is -0.270. The molecule has 28 heteroatoms. The minimum atomic E-state index is -5.05. The summed E-state index contributed by atoms with van der Waals surface area (Å²) < 4.78 is 137. The normalized spacial score (nSPS) is 12.3. The third-order valence-corrected chi connectivity index (χ3v) is 11.5. The first-order valence-corrected chi connectivity index (χ1v) is 21.9. The number of hydrogen-bond acceptors (Lipinski definition) is 20. The second kappa shape index (κ2) is 16.4. The SMILES string of the molecule is Nc1cc(S(=O)(=O)O)ccc1NN(c1ccc(C=Cc2ccc(N(Nc3ccc(S(=O)(=O)O)cc3N)c3ncncn3)cc2S(=O)(=O)O)c(S(=O)(=O)O)c1)c1ncncn1. The number of nitrogen functional groups attached to an aromatic ring is 2. The molecule has 0 bridgehead atoms. The molecule has 0 amide bonds. The molecule has 0 saturated carbocycles. The number of anilines is 8. The molecule has 6 aromatic rings. The maximum absolute atomic E-state index is 12.8. The van der Waals surface area contributed by atoms with Gasteiger partial charge in [0.05, 0.1) is 43.9 Å². The monoisotopic (exact) mass is 900 g/mol. The summed E-state index contributed by atoms with van der Waals surface area (Å²) in [5.41, 5.74) is 17.0. The van der Waals surface area contributed by atoms with Gasteiger partial charge in [0, 0.05) is 0 Å². The topological polar surface area (TPSA) is 377 Å². The van der Waals surface area contributed by atoms with Crippen LogP contribution >= 0.6 is 0 Å². The molecule has 0 atom stereocenters. The summed E-state index contributed by atoms with van der Waals surface area (Å²) >= 11 is 0. The van der Waals surface area contributed by atoms with Gasteiger partial charge in [-0.25, -0.2) is 20.0 Å². The van der Waals surface area contributed by atoms with Gasteiger partial charge in [-0.3, -0.25) is 29.1 Å². The molecule has 2 aromatic heterocycles. The number of hydrazine groups is 2. The molecule has 0 spiro atoms. The first-order valence-electron chi connectivity index (χ1n) is 16.1. The second-order valence-electron chi connectivity index (χ2n) is 11.9. The Morgan fingerprint density at radius 1 is 0.483 bits per heavy atom. The summed E-state index contributed by atoms with van der Waals surface area (Å²) in [6, 6.07) is 13.5. The minimum absolute atomic E-state index is 0.0357. The van der Waals surface area contributed by atoms with Gasteiger partial charge in [0.2, 0.25) is 0 Å². The summed E-state index contributed by atoms with van der Waals surface area (Å²) in [6.45, 7) is 0. The Balaban J connectivity index is 1.40. The van der Waals surface area contributed by atoms with Crippen LogP contribution in [0.2, 0.25) is 0 Å². The molecule has 24 nitrogen and oxygen atoms in total. The molecule has 0 saturated heterocycles. The third kappa shape index (κ3) is 9.84. The zero-order valence-corrected chi connectivity index (χ0v) is 33.1. The Kier molecular flexibility index (Phi) is 11.7. The largest absolute Gasteiger partial charge is 0.397 e. The maximum Gasteiger partial charge on any atom is 0.295 e. The van der Waals surface area contributed by atoms with E-state index in [-0.39, 0.29) is 57.1 Å². The fourth-order valence-electron chi connectivity index (χ4n) is 5.23. The number of hydrogen-bond donors (Lipinski definition) is 8. The maximum atomic E-state index is 12.8. The first-order chi connectivity index (χ1) is 28.1. The van der Waals surface area contributed by atoms with Crippen LogP contribution in [0, 0.1) is 0 Å². The smallest absolute Gasteiger partial charge is 0.295 e. The van der Waals surface area contributed by atoms with Crippen molar-refractivity contribution in [1.29, 1.82) is 0 Å². The Bertz CT molecular complexity index is 2890. The molecular formula is C32H28N12O12S4. The Labute approximate surface area is 340 Å². The van der Waals surface area contributed by atoms with E-state index in [4.69, 9.17) is 11.5 Å². The van der Waals surface area contributed by atoms with Crippen LogP contribution < -0.4 is 32.3 Å². The number of nitrogens with two attached hydrogens (primary N) is 2. The van der Waals surface area contributed by atoms with E-state index in [1.807, 2.05) is 0 Å². The fourth-order valence-corrected chi connectivity index (χ4v) is 7.67. The lowest BCUT2D eigenvalue weighted by molar-refractivity contribution is 0.480. The van der Waals surface area contributed by atoms with Crippen molar-refractivity contribution >= 4 is 98.6 Å². The average molecular weight is 901 g/mol. The molecule has 0 aliphatic heterocycles. The van der Waals surface area contributed by atoms with E-state index < -0.39 is 60.1 Å². The van der Waals surface area contributed by atoms with Gasteiger partial charge in [-0.15, -0.1) is 0 Å². The molecule has 0 fully saturated rings. The molecule has 312 valence electrons. The van der Waals surface area contributed by atoms with Gasteiger partial charge in [0.1, 0.15) is 35.1 Å². The van der Waals surface area contributed by atoms with Crippen LogP contribution in [0.15, 0.2) is 118 Å². The molecule has 0 unspecified atom stereocenters. The quantitative estimate of drug-likeness (QED) is 0.0337. The van der Waals surface area contributed by atoms with Crippen LogP contribution in [-0.4, -0.2) is 81.8 Å². The number of aromatic nitrogens is 6. The highest BCUT2D eigenvalue weighted by atomic mass is 32.2. The Morgan fingerprint density at radius 3 is 1.13 bits per heavy atom. The lowest BCUT2D eigenvalue weighted by Gasteiger charge is -2.25. The molecule has 60 heavy (non-hydrogen) atoms. The van der Waals surface area contributed by atoms with Crippen molar-refractivity contribution in [2.45, 2.75) is 19.6 Å². The lowest BCUT2D eigenvalue weighted by Crippen LogP contribution is -2.27. The molecule has 0 aliphatic rings. The van der Waals surface area contributed by atoms with E-state index in [0.29, 0.717) is 0 Å². The van der Waals surface area contributed by atoms with Gasteiger partial charge in [-0.1, -0.05) is 24.3 Å². The zero-order valence-electron chi connectivity index (χ0n) is 29.8. The molecule has 2 heterocycles. The van der Waals surface area contributed by atoms with Gasteiger partial charge < -0.3 is 11.5 Å². The molecule has 4 aromatic carbocycles. The third-order valence-electron chi connectivity index (χ3n) is 7.97. The highest BCUT2D eigenvalue weighted by molar-refractivity contribution is 7.86. The zero-order chi connectivity index (χ0) is 43.6. The van der Waals surface area contributed by atoms with Crippen LogP contribution in [-0.2, 0) is 40.5 Å². The molecular weight excluding hydrogens is 873 g/mol. The Morgan fingerprint density at radius 2 is 0.833 bits per heavy atom. The van der Waals surface area contributed by atoms with Crippen molar-refractivity contribution in [3.8, 4) is 0 Å². The number of nitrogens with zero attached hydrogens (tertiary/aromatic N) is 8. The molecule has 0 aliphatic carbocycles. The van der Waals surface area contributed by atoms with Gasteiger partial charge >= 0.3 is 0 Å². The van der Waals surface area contributed by atoms with Gasteiger partial charge in [0.25, 0.3) is 52.4 Å². The van der Waals surface area contributed by atoms with E-state index in [1.54, 1.807) is 0 Å². The summed E-state index contributed by atoms with van der Waals surface area (Å²) in [7, 11) is -19.3. The van der Waals surface area contributed by atoms with Crippen LogP contribution in [0.25, 0.3) is 12.2 Å². The van der Waals surface area contributed by atoms with Gasteiger partial charge in [-0.05, 0) is 71.8 Å². The predicted molar refractivity (Wildman–Crippen MR) is 214 cm³/mol. The summed E-state index contributed by atoms with van der Waals surface area (Å²) in [5, 5.41) is 2.22. The number of benzene rings is 4. The van der Waals surface area contributed by atoms with Gasteiger partial charge in [0.15, 0.2) is 0 Å². The fraction of sp³-hybridized carbons (Fsp3) is 0. The van der Waals surface area contributed by atoms with Crippen LogP contribution in [0.1, 0.15) is 11.1 Å². The van der Waals surface area contributed by atoms with Crippen LogP contribution in [0.3, 0.4) is 0 Å². The lowest BCUT2D eigenvalue weighted by atomic mass is 10.1. The van der Waals surface area contributed by atoms with Crippen molar-refractivity contribution in [3.63, 3.8) is 0 Å². The van der Waals surface area contributed by atoms with Crippen molar-refractivity contribution in [3.05, 3.63) is 109 Å². The predicted octanol–water partition coefficient (Wildman–Crippen LogP) is 2.71. The number of nitrogens with one attached hydrogen (secondary N) is 2. The van der Waals surface area contributed by atoms with E-state index >= 15 is 0 Å². The standard InChI is InChI=1S/C32H28N12O12S4/c33-25-13-23(57(45,46)47)7-9-27(25)41-43(31-37-15-35-16-38-31)21-5-3-19(29(11-21)59(51,52)53)1-2-20-4-6-22(12-30(20)60(54,55)56)44(32-39-17-36-18-40-32)42-28-10-8-24(14-26(28)34)58(48,49)50/h1-18,41-42H,33-34H2,(H,45,46,47)(H,48,49,50)(H,51,52,53)(H,54,55,56). The Hall–Kier alpha value is -6.92. The molecule has 0 radical (unpaired) electrons. The van der Waals surface area contributed by atoms with Crippen molar-refractivity contribution in [1.82, 2.24) is 29.9 Å². The van der Waals surface area contributed by atoms with Crippen molar-refractivity contribution in [2.75, 3.05) is 32.3 Å². The van der Waals surface area contributed by atoms with Crippen molar-refractivity contribution in [2.24, 2.45) is 0 Å². The van der Waals surface area contributed by atoms with E-state index in [1.165, 1.54) is 36.4 Å². The van der Waals surface area contributed by atoms with Crippen LogP contribution in [0.5, 0.6) is 0 Å². The highest BCUT2D eigenvalue weighted by Crippen LogP contribution is 2.34. The number of rotatable bonds is 14. The highest BCUT2D eigenvalue weighted by Gasteiger charge is 2.24. The summed E-state index contributed by atoms with van der Waals surface area (Å²) in [6.07, 6.45) is 6.70. The van der Waals surface area contributed by atoms with E-state index in [2.05, 4.69) is 40.8 Å².